The monoisotopic (exact) mass is 224 g/mol. The molecule has 2 rings (SSSR count). The lowest BCUT2D eigenvalue weighted by molar-refractivity contribution is 0.484. The fourth-order valence-electron chi connectivity index (χ4n) is 1.44. The van der Waals surface area contributed by atoms with E-state index in [0.29, 0.717) is 10.8 Å². The van der Waals surface area contributed by atoms with E-state index in [1.54, 1.807) is 6.07 Å². The Morgan fingerprint density at radius 1 is 1.27 bits per heavy atom. The molecule has 2 aromatic rings. The van der Waals surface area contributed by atoms with Gasteiger partial charge in [0.05, 0.1) is 5.69 Å². The number of nitrogen functional groups attached to an aromatic ring is 1. The fraction of sp³-hybridized carbons (Fsp3) is 0. The number of anilines is 1. The highest BCUT2D eigenvalue weighted by Gasteiger charge is 2.17. The van der Waals surface area contributed by atoms with Crippen molar-refractivity contribution in [1.82, 2.24) is 4.98 Å². The van der Waals surface area contributed by atoms with Crippen molar-refractivity contribution in [2.24, 2.45) is 0 Å². The second-order valence-corrected chi connectivity index (χ2v) is 4.41. The summed E-state index contributed by atoms with van der Waals surface area (Å²) in [6, 6.07) is 4.56. The Bertz CT molecular complexity index is 622. The fourth-order valence-corrected chi connectivity index (χ4v) is 2.27. The smallest absolute Gasteiger partial charge is 0.297 e. The molecule has 0 fully saturated rings. The van der Waals surface area contributed by atoms with Gasteiger partial charge in [-0.15, -0.1) is 0 Å². The molecule has 0 bridgehead atoms. The first kappa shape index (κ1) is 9.88. The number of aromatic nitrogens is 1. The number of rotatable bonds is 1. The van der Waals surface area contributed by atoms with Crippen LogP contribution in [0.3, 0.4) is 0 Å². The van der Waals surface area contributed by atoms with E-state index < -0.39 is 10.1 Å². The summed E-state index contributed by atoms with van der Waals surface area (Å²) in [4.78, 5) is 3.59. The van der Waals surface area contributed by atoms with Crippen molar-refractivity contribution in [2.75, 3.05) is 5.73 Å². The normalized spacial score (nSPS) is 11.8. The predicted molar refractivity (Wildman–Crippen MR) is 56.0 cm³/mol. The molecule has 1 aromatic carbocycles. The van der Waals surface area contributed by atoms with Crippen molar-refractivity contribution in [3.8, 4) is 0 Å². The van der Waals surface area contributed by atoms with Crippen LogP contribution >= 0.6 is 0 Å². The van der Waals surface area contributed by atoms with Gasteiger partial charge < -0.3 is 5.73 Å². The average Bonchev–Trinajstić information content (AvgIpc) is 2.15. The molecule has 0 aliphatic carbocycles. The van der Waals surface area contributed by atoms with E-state index in [1.807, 2.05) is 0 Å². The van der Waals surface area contributed by atoms with Gasteiger partial charge in [-0.2, -0.15) is 8.42 Å². The van der Waals surface area contributed by atoms with E-state index in [0.717, 1.165) is 0 Å². The number of nitrogens with two attached hydrogens (primary N) is 1. The van der Waals surface area contributed by atoms with Gasteiger partial charge in [-0.1, -0.05) is 6.07 Å². The van der Waals surface area contributed by atoms with Gasteiger partial charge in [-0.25, -0.2) is 0 Å². The van der Waals surface area contributed by atoms with Crippen LogP contribution in [0.15, 0.2) is 35.5 Å². The zero-order valence-corrected chi connectivity index (χ0v) is 8.40. The minimum absolute atomic E-state index is 0.0243. The van der Waals surface area contributed by atoms with Crippen LogP contribution in [0.5, 0.6) is 0 Å². The number of nitrogens with zero attached hydrogens (tertiary/aromatic N) is 1. The molecule has 0 spiro atoms. The summed E-state index contributed by atoms with van der Waals surface area (Å²) in [6.45, 7) is 0. The lowest BCUT2D eigenvalue weighted by atomic mass is 10.1. The van der Waals surface area contributed by atoms with Crippen LogP contribution in [-0.4, -0.2) is 18.0 Å². The molecule has 6 heteroatoms. The van der Waals surface area contributed by atoms with Gasteiger partial charge in [0.2, 0.25) is 0 Å². The van der Waals surface area contributed by atoms with E-state index >= 15 is 0 Å². The van der Waals surface area contributed by atoms with Gasteiger partial charge in [-0.3, -0.25) is 9.54 Å². The van der Waals surface area contributed by atoms with Crippen LogP contribution in [0, 0.1) is 0 Å². The Hall–Kier alpha value is -1.66. The second-order valence-electron chi connectivity index (χ2n) is 3.06. The third-order valence-electron chi connectivity index (χ3n) is 2.06. The Balaban J connectivity index is 2.99. The van der Waals surface area contributed by atoms with E-state index in [9.17, 15) is 8.42 Å². The van der Waals surface area contributed by atoms with Gasteiger partial charge in [0.1, 0.15) is 4.90 Å². The summed E-state index contributed by atoms with van der Waals surface area (Å²) in [5.41, 5.74) is 5.54. The molecule has 0 atom stereocenters. The average molecular weight is 224 g/mol. The van der Waals surface area contributed by atoms with Crippen molar-refractivity contribution in [2.45, 2.75) is 4.90 Å². The molecule has 3 N–H and O–H groups in total. The number of hydrogen-bond acceptors (Lipinski definition) is 4. The van der Waals surface area contributed by atoms with Gasteiger partial charge in [0.15, 0.2) is 0 Å². The Morgan fingerprint density at radius 2 is 2.00 bits per heavy atom. The Kier molecular flexibility index (Phi) is 2.09. The maximum Gasteiger partial charge on any atom is 0.297 e. The highest BCUT2D eigenvalue weighted by Crippen LogP contribution is 2.27. The summed E-state index contributed by atoms with van der Waals surface area (Å²) >= 11 is 0. The molecule has 0 unspecified atom stereocenters. The van der Waals surface area contributed by atoms with E-state index in [2.05, 4.69) is 4.98 Å². The first-order valence-electron chi connectivity index (χ1n) is 4.10. The van der Waals surface area contributed by atoms with Gasteiger partial charge in [0, 0.05) is 23.2 Å². The first-order valence-corrected chi connectivity index (χ1v) is 5.54. The second kappa shape index (κ2) is 3.18. The van der Waals surface area contributed by atoms with Crippen molar-refractivity contribution in [3.05, 3.63) is 30.6 Å². The maximum atomic E-state index is 11.1. The minimum Gasteiger partial charge on any atom is -0.398 e. The molecule has 0 aliphatic rings. The zero-order chi connectivity index (χ0) is 11.1. The van der Waals surface area contributed by atoms with Crippen LogP contribution in [0.25, 0.3) is 10.8 Å². The summed E-state index contributed by atoms with van der Waals surface area (Å²) in [7, 11) is -4.31. The van der Waals surface area contributed by atoms with Gasteiger partial charge >= 0.3 is 0 Å². The highest BCUT2D eigenvalue weighted by molar-refractivity contribution is 7.86. The Labute approximate surface area is 86.3 Å². The molecule has 0 amide bonds. The lowest BCUT2D eigenvalue weighted by Crippen LogP contribution is -2.04. The molecule has 1 heterocycles. The topological polar surface area (TPSA) is 93.3 Å². The molecule has 15 heavy (non-hydrogen) atoms. The summed E-state index contributed by atoms with van der Waals surface area (Å²) in [5, 5.41) is 0.979. The molecule has 0 saturated heterocycles. The van der Waals surface area contributed by atoms with E-state index in [1.165, 1.54) is 24.5 Å². The Morgan fingerprint density at radius 3 is 2.67 bits per heavy atom. The number of hydrogen-bond donors (Lipinski definition) is 2. The van der Waals surface area contributed by atoms with Crippen LogP contribution in [0.4, 0.5) is 5.69 Å². The quantitative estimate of drug-likeness (QED) is 0.558. The zero-order valence-electron chi connectivity index (χ0n) is 7.58. The standard InChI is InChI=1S/C9H8N2O3S/c10-8-2-1-6-5-11-4-3-7(6)9(8)15(12,13)14/h1-5H,10H2,(H,12,13,14). The van der Waals surface area contributed by atoms with Gasteiger partial charge in [0.25, 0.3) is 10.1 Å². The minimum atomic E-state index is -4.31. The van der Waals surface area contributed by atoms with Crippen LogP contribution in [-0.2, 0) is 10.1 Å². The van der Waals surface area contributed by atoms with Crippen molar-refractivity contribution in [3.63, 3.8) is 0 Å². The van der Waals surface area contributed by atoms with Crippen molar-refractivity contribution < 1.29 is 13.0 Å². The molecule has 78 valence electrons. The molecule has 1 aromatic heterocycles. The molecule has 5 nitrogen and oxygen atoms in total. The summed E-state index contributed by atoms with van der Waals surface area (Å²) in [5.74, 6) is 0. The predicted octanol–water partition coefficient (Wildman–Crippen LogP) is 1.06. The van der Waals surface area contributed by atoms with Crippen LogP contribution < -0.4 is 5.73 Å². The first-order chi connectivity index (χ1) is 7.00. The SMILES string of the molecule is Nc1ccc2cnccc2c1S(=O)(=O)O. The molecule has 0 aliphatic heterocycles. The molecule has 0 saturated carbocycles. The van der Waals surface area contributed by atoms with E-state index in [4.69, 9.17) is 10.3 Å². The summed E-state index contributed by atoms with van der Waals surface area (Å²) < 4.78 is 31.3. The third-order valence-corrected chi connectivity index (χ3v) is 3.03. The number of pyridine rings is 1. The maximum absolute atomic E-state index is 11.1. The van der Waals surface area contributed by atoms with Crippen LogP contribution in [0.1, 0.15) is 0 Å². The third kappa shape index (κ3) is 1.64. The number of benzene rings is 1. The molecule has 0 radical (unpaired) electrons. The van der Waals surface area contributed by atoms with E-state index in [-0.39, 0.29) is 10.6 Å². The largest absolute Gasteiger partial charge is 0.398 e. The summed E-state index contributed by atoms with van der Waals surface area (Å²) in [6.07, 6.45) is 2.94. The van der Waals surface area contributed by atoms with Crippen LogP contribution in [0.2, 0.25) is 0 Å². The lowest BCUT2D eigenvalue weighted by Gasteiger charge is -2.06. The van der Waals surface area contributed by atoms with Gasteiger partial charge in [-0.05, 0) is 12.1 Å². The van der Waals surface area contributed by atoms with Crippen molar-refractivity contribution >= 4 is 26.6 Å². The molecular formula is C9H8N2O3S. The highest BCUT2D eigenvalue weighted by atomic mass is 32.2. The van der Waals surface area contributed by atoms with Crippen molar-refractivity contribution in [1.29, 1.82) is 0 Å². The number of fused-ring (bicyclic) bond motifs is 1. The molecular weight excluding hydrogens is 216 g/mol.